The van der Waals surface area contributed by atoms with Crippen molar-refractivity contribution in [2.24, 2.45) is 0 Å². The second-order valence-electron chi connectivity index (χ2n) is 9.55. The molecule has 0 aliphatic carbocycles. The van der Waals surface area contributed by atoms with E-state index < -0.39 is 5.60 Å². The van der Waals surface area contributed by atoms with Gasteiger partial charge in [-0.1, -0.05) is 29.8 Å². The summed E-state index contributed by atoms with van der Waals surface area (Å²) in [6.45, 7) is 7.00. The summed E-state index contributed by atoms with van der Waals surface area (Å²) in [5.41, 5.74) is 1.47. The lowest BCUT2D eigenvalue weighted by Crippen LogP contribution is -2.47. The van der Waals surface area contributed by atoms with Gasteiger partial charge in [-0.15, -0.1) is 0 Å². The molecule has 184 valence electrons. The van der Waals surface area contributed by atoms with Crippen molar-refractivity contribution in [1.29, 1.82) is 0 Å². The molecule has 7 heteroatoms. The minimum atomic E-state index is -0.832. The van der Waals surface area contributed by atoms with Gasteiger partial charge in [-0.25, -0.2) is 0 Å². The van der Waals surface area contributed by atoms with E-state index in [9.17, 15) is 9.90 Å². The Hall–Kier alpha value is -2.28. The zero-order valence-corrected chi connectivity index (χ0v) is 20.7. The normalized spacial score (nSPS) is 18.3. The van der Waals surface area contributed by atoms with E-state index in [0.29, 0.717) is 36.6 Å². The third-order valence-electron chi connectivity index (χ3n) is 6.71. The Morgan fingerprint density at radius 3 is 2.53 bits per heavy atom. The molecule has 0 bridgehead atoms. The lowest BCUT2D eigenvalue weighted by molar-refractivity contribution is -0.127. The van der Waals surface area contributed by atoms with Gasteiger partial charge in [-0.05, 0) is 68.0 Å². The number of rotatable bonds is 10. The summed E-state index contributed by atoms with van der Waals surface area (Å²) in [5, 5.41) is 11.5. The number of amides is 1. The molecule has 1 amide bonds. The first-order valence-electron chi connectivity index (χ1n) is 12.2. The van der Waals surface area contributed by atoms with Gasteiger partial charge >= 0.3 is 0 Å². The van der Waals surface area contributed by atoms with Crippen LogP contribution in [0.2, 0.25) is 5.02 Å². The molecule has 0 saturated carbocycles. The Morgan fingerprint density at radius 2 is 1.82 bits per heavy atom. The van der Waals surface area contributed by atoms with Crippen LogP contribution in [0.4, 0.5) is 0 Å². The summed E-state index contributed by atoms with van der Waals surface area (Å²) in [4.78, 5) is 15.9. The van der Waals surface area contributed by atoms with Gasteiger partial charge in [-0.3, -0.25) is 9.69 Å². The summed E-state index contributed by atoms with van der Waals surface area (Å²) < 4.78 is 11.7. The second-order valence-corrected chi connectivity index (χ2v) is 9.96. The van der Waals surface area contributed by atoms with E-state index >= 15 is 0 Å². The molecule has 1 N–H and O–H groups in total. The maximum atomic E-state index is 11.6. The highest BCUT2D eigenvalue weighted by atomic mass is 35.5. The number of carbonyl (C=O) groups is 1. The van der Waals surface area contributed by atoms with Crippen LogP contribution in [0.25, 0.3) is 0 Å². The predicted octanol–water partition coefficient (Wildman–Crippen LogP) is 4.45. The summed E-state index contributed by atoms with van der Waals surface area (Å²) in [7, 11) is 0. The molecule has 0 spiro atoms. The molecular weight excluding hydrogens is 452 g/mol. The fraction of sp³-hybridized carbons (Fsp3) is 0.519. The van der Waals surface area contributed by atoms with Gasteiger partial charge in [0.05, 0.1) is 11.6 Å². The number of benzene rings is 2. The molecule has 2 heterocycles. The van der Waals surface area contributed by atoms with Crippen LogP contribution >= 0.6 is 11.6 Å². The Balaban J connectivity index is 1.16. The third kappa shape index (κ3) is 6.87. The molecule has 6 nitrogen and oxygen atoms in total. The van der Waals surface area contributed by atoms with Crippen LogP contribution in [0.5, 0.6) is 11.5 Å². The topological polar surface area (TPSA) is 62.2 Å². The van der Waals surface area contributed by atoms with Crippen LogP contribution in [-0.2, 0) is 11.3 Å². The summed E-state index contributed by atoms with van der Waals surface area (Å²) in [6.07, 6.45) is 3.85. The zero-order valence-electron chi connectivity index (χ0n) is 20.0. The average molecular weight is 487 g/mol. The van der Waals surface area contributed by atoms with Crippen molar-refractivity contribution in [3.63, 3.8) is 0 Å². The predicted molar refractivity (Wildman–Crippen MR) is 134 cm³/mol. The lowest BCUT2D eigenvalue weighted by atomic mass is 9.92. The molecule has 4 rings (SSSR count). The monoisotopic (exact) mass is 486 g/mol. The van der Waals surface area contributed by atoms with Crippen LogP contribution < -0.4 is 9.47 Å². The molecule has 2 aliphatic rings. The molecule has 2 saturated heterocycles. The van der Waals surface area contributed by atoms with Crippen molar-refractivity contribution in [2.45, 2.75) is 51.2 Å². The fourth-order valence-corrected chi connectivity index (χ4v) is 4.71. The number of hydrogen-bond acceptors (Lipinski definition) is 5. The van der Waals surface area contributed by atoms with Crippen molar-refractivity contribution in [2.75, 3.05) is 39.4 Å². The zero-order chi connectivity index (χ0) is 24.0. The quantitative estimate of drug-likeness (QED) is 0.503. The van der Waals surface area contributed by atoms with E-state index in [2.05, 4.69) is 17.0 Å². The van der Waals surface area contributed by atoms with Gasteiger partial charge < -0.3 is 19.5 Å². The Bertz CT molecular complexity index is 958. The Kier molecular flexibility index (Phi) is 8.35. The first-order chi connectivity index (χ1) is 16.4. The summed E-state index contributed by atoms with van der Waals surface area (Å²) in [5.74, 6) is 1.75. The van der Waals surface area contributed by atoms with Gasteiger partial charge in [0.15, 0.2) is 0 Å². The van der Waals surface area contributed by atoms with Crippen LogP contribution in [0.1, 0.15) is 43.2 Å². The first-order valence-corrected chi connectivity index (χ1v) is 12.6. The molecule has 0 radical (unpaired) electrons. The SMILES string of the molecule is Cc1ccc(Cl)c(OCC2(O)CCN(Cc3ccc(OCCCN4CCCC4=O)cc3)CC2)c1. The largest absolute Gasteiger partial charge is 0.494 e. The average Bonchev–Trinajstić information content (AvgIpc) is 3.24. The molecule has 0 unspecified atom stereocenters. The van der Waals surface area contributed by atoms with Crippen molar-refractivity contribution in [3.8, 4) is 11.5 Å². The van der Waals surface area contributed by atoms with Gasteiger partial charge in [0.25, 0.3) is 0 Å². The highest BCUT2D eigenvalue weighted by Gasteiger charge is 2.33. The Morgan fingerprint density at radius 1 is 1.06 bits per heavy atom. The van der Waals surface area contributed by atoms with Gasteiger partial charge in [0, 0.05) is 39.1 Å². The minimum absolute atomic E-state index is 0.252. The van der Waals surface area contributed by atoms with E-state index in [1.165, 1.54) is 5.56 Å². The van der Waals surface area contributed by atoms with Crippen molar-refractivity contribution >= 4 is 17.5 Å². The van der Waals surface area contributed by atoms with E-state index in [1.54, 1.807) is 0 Å². The molecule has 2 aromatic carbocycles. The molecular formula is C27H35ClN2O4. The minimum Gasteiger partial charge on any atom is -0.494 e. The number of aryl methyl sites for hydroxylation is 1. The van der Waals surface area contributed by atoms with Crippen molar-refractivity contribution < 1.29 is 19.4 Å². The number of hydrogen-bond donors (Lipinski definition) is 1. The standard InChI is InChI=1S/C27H35ClN2O4/c1-21-5-10-24(28)25(18-21)34-20-27(32)11-15-29(16-12-27)19-22-6-8-23(9-7-22)33-17-3-14-30-13-2-4-26(30)31/h5-10,18,32H,2-4,11-17,19-20H2,1H3. The molecule has 2 aromatic rings. The molecule has 2 fully saturated rings. The highest BCUT2D eigenvalue weighted by molar-refractivity contribution is 6.32. The van der Waals surface area contributed by atoms with E-state index in [1.807, 2.05) is 42.2 Å². The second kappa shape index (κ2) is 11.4. The number of ether oxygens (including phenoxy) is 2. The van der Waals surface area contributed by atoms with Crippen LogP contribution in [0.15, 0.2) is 42.5 Å². The van der Waals surface area contributed by atoms with E-state index in [-0.39, 0.29) is 12.5 Å². The van der Waals surface area contributed by atoms with Gasteiger partial charge in [-0.2, -0.15) is 0 Å². The van der Waals surface area contributed by atoms with Crippen molar-refractivity contribution in [3.05, 3.63) is 58.6 Å². The number of aliphatic hydroxyl groups is 1. The van der Waals surface area contributed by atoms with E-state index in [4.69, 9.17) is 21.1 Å². The van der Waals surface area contributed by atoms with Crippen LogP contribution in [-0.4, -0.2) is 65.8 Å². The van der Waals surface area contributed by atoms with Gasteiger partial charge in [0.1, 0.15) is 23.7 Å². The molecule has 34 heavy (non-hydrogen) atoms. The lowest BCUT2D eigenvalue weighted by Gasteiger charge is -2.38. The summed E-state index contributed by atoms with van der Waals surface area (Å²) in [6, 6.07) is 13.9. The Labute approximate surface area is 207 Å². The van der Waals surface area contributed by atoms with Gasteiger partial charge in [0.2, 0.25) is 5.91 Å². The highest BCUT2D eigenvalue weighted by Crippen LogP contribution is 2.29. The summed E-state index contributed by atoms with van der Waals surface area (Å²) >= 11 is 6.21. The van der Waals surface area contributed by atoms with Crippen LogP contribution in [0, 0.1) is 6.92 Å². The number of piperidine rings is 1. The maximum Gasteiger partial charge on any atom is 0.222 e. The first kappa shape index (κ1) is 24.8. The number of carbonyl (C=O) groups excluding carboxylic acids is 1. The fourth-order valence-electron chi connectivity index (χ4n) is 4.54. The molecule has 0 aromatic heterocycles. The molecule has 0 atom stereocenters. The maximum absolute atomic E-state index is 11.6. The smallest absolute Gasteiger partial charge is 0.222 e. The number of likely N-dealkylation sites (tertiary alicyclic amines) is 2. The molecule has 2 aliphatic heterocycles. The third-order valence-corrected chi connectivity index (χ3v) is 7.02. The van der Waals surface area contributed by atoms with E-state index in [0.717, 1.165) is 56.9 Å². The van der Waals surface area contributed by atoms with Crippen molar-refractivity contribution in [1.82, 2.24) is 9.80 Å². The number of halogens is 1. The van der Waals surface area contributed by atoms with Crippen LogP contribution in [0.3, 0.4) is 0 Å². The number of nitrogens with zero attached hydrogens (tertiary/aromatic N) is 2.